The molecular formula is C13H22N2OS. The molecular weight excluding hydrogens is 232 g/mol. The van der Waals surface area contributed by atoms with Gasteiger partial charge in [0.05, 0.1) is 10.7 Å². The highest BCUT2D eigenvalue weighted by atomic mass is 32.1. The van der Waals surface area contributed by atoms with Crippen molar-refractivity contribution >= 4 is 17.2 Å². The summed E-state index contributed by atoms with van der Waals surface area (Å²) in [6.07, 6.45) is 2.35. The quantitative estimate of drug-likeness (QED) is 0.878. The van der Waals surface area contributed by atoms with E-state index >= 15 is 0 Å². The van der Waals surface area contributed by atoms with Gasteiger partial charge >= 0.3 is 0 Å². The Labute approximate surface area is 108 Å². The van der Waals surface area contributed by atoms with Crippen molar-refractivity contribution in [2.45, 2.75) is 52.4 Å². The zero-order chi connectivity index (χ0) is 12.9. The molecule has 0 saturated heterocycles. The van der Waals surface area contributed by atoms with E-state index in [1.54, 1.807) is 11.3 Å². The molecule has 1 aromatic rings. The molecule has 1 aromatic heterocycles. The van der Waals surface area contributed by atoms with Crippen LogP contribution in [0.1, 0.15) is 51.2 Å². The Balaban J connectivity index is 2.38. The number of amides is 1. The predicted molar refractivity (Wildman–Crippen MR) is 72.4 cm³/mol. The summed E-state index contributed by atoms with van der Waals surface area (Å²) >= 11 is 1.68. The van der Waals surface area contributed by atoms with E-state index < -0.39 is 0 Å². The maximum absolute atomic E-state index is 11.3. The molecule has 1 heterocycles. The summed E-state index contributed by atoms with van der Waals surface area (Å²) in [5.41, 5.74) is 1.25. The molecule has 4 heteroatoms. The molecule has 1 amide bonds. The fourth-order valence-corrected chi connectivity index (χ4v) is 2.42. The van der Waals surface area contributed by atoms with Crippen LogP contribution in [-0.4, -0.2) is 17.4 Å². The third kappa shape index (κ3) is 4.86. The first-order chi connectivity index (χ1) is 7.93. The molecule has 3 nitrogen and oxygen atoms in total. The lowest BCUT2D eigenvalue weighted by Crippen LogP contribution is -2.25. The van der Waals surface area contributed by atoms with Gasteiger partial charge in [-0.3, -0.25) is 4.79 Å². The first-order valence-electron chi connectivity index (χ1n) is 6.15. The second-order valence-corrected chi connectivity index (χ2v) is 6.17. The Bertz CT molecular complexity index is 366. The fraction of sp³-hybridized carbons (Fsp3) is 0.692. The number of carbonyl (C=O) groups excluding carboxylic acids is 1. The Kier molecular flexibility index (Phi) is 5.12. The van der Waals surface area contributed by atoms with Gasteiger partial charge in [0.15, 0.2) is 0 Å². The van der Waals surface area contributed by atoms with E-state index in [2.05, 4.69) is 36.5 Å². The molecule has 0 aromatic carbocycles. The highest BCUT2D eigenvalue weighted by Gasteiger charge is 2.17. The van der Waals surface area contributed by atoms with Crippen molar-refractivity contribution in [1.82, 2.24) is 10.3 Å². The van der Waals surface area contributed by atoms with Gasteiger partial charge in [-0.05, 0) is 6.42 Å². The van der Waals surface area contributed by atoms with E-state index in [1.165, 1.54) is 0 Å². The number of hydrogen-bond acceptors (Lipinski definition) is 3. The lowest BCUT2D eigenvalue weighted by atomic mass is 9.93. The van der Waals surface area contributed by atoms with E-state index in [0.29, 0.717) is 13.0 Å². The lowest BCUT2D eigenvalue weighted by Gasteiger charge is -2.14. The minimum Gasteiger partial charge on any atom is -0.356 e. The Morgan fingerprint density at radius 2 is 2.18 bits per heavy atom. The van der Waals surface area contributed by atoms with Gasteiger partial charge in [0.25, 0.3) is 0 Å². The summed E-state index contributed by atoms with van der Waals surface area (Å²) in [5, 5.41) is 6.13. The van der Waals surface area contributed by atoms with Crippen LogP contribution in [0.2, 0.25) is 0 Å². The van der Waals surface area contributed by atoms with Crippen LogP contribution in [0.15, 0.2) is 5.38 Å². The summed E-state index contributed by atoms with van der Waals surface area (Å²) in [6, 6.07) is 0. The average Bonchev–Trinajstić information content (AvgIpc) is 2.66. The number of nitrogens with zero attached hydrogens (tertiary/aromatic N) is 1. The number of aromatic nitrogens is 1. The summed E-state index contributed by atoms with van der Waals surface area (Å²) < 4.78 is 0. The standard InChI is InChI=1S/C13H22N2OS/c1-5-6-11(16)14-8-7-12-15-10(9-17-12)13(2,3)4/h9H,5-8H2,1-4H3,(H,14,16). The molecule has 1 rings (SSSR count). The third-order valence-corrected chi connectivity index (χ3v) is 3.37. The normalized spacial score (nSPS) is 11.5. The molecule has 0 atom stereocenters. The molecule has 0 spiro atoms. The SMILES string of the molecule is CCCC(=O)NCCc1nc(C(C)(C)C)cs1. The van der Waals surface area contributed by atoms with Gasteiger partial charge in [-0.1, -0.05) is 27.7 Å². The van der Waals surface area contributed by atoms with Crippen molar-refractivity contribution in [2.75, 3.05) is 6.54 Å². The van der Waals surface area contributed by atoms with Crippen LogP contribution in [0.4, 0.5) is 0 Å². The summed E-state index contributed by atoms with van der Waals surface area (Å²) in [6.45, 7) is 9.19. The van der Waals surface area contributed by atoms with Crippen LogP contribution < -0.4 is 5.32 Å². The molecule has 17 heavy (non-hydrogen) atoms. The first kappa shape index (κ1) is 14.2. The van der Waals surface area contributed by atoms with Crippen LogP contribution >= 0.6 is 11.3 Å². The van der Waals surface area contributed by atoms with Crippen molar-refractivity contribution in [3.63, 3.8) is 0 Å². The highest BCUT2D eigenvalue weighted by molar-refractivity contribution is 7.09. The molecule has 0 aliphatic rings. The molecule has 0 saturated carbocycles. The van der Waals surface area contributed by atoms with Gasteiger partial charge in [-0.25, -0.2) is 4.98 Å². The topological polar surface area (TPSA) is 42.0 Å². The molecule has 0 unspecified atom stereocenters. The van der Waals surface area contributed by atoms with E-state index in [1.807, 2.05) is 6.92 Å². The van der Waals surface area contributed by atoms with Gasteiger partial charge in [0.1, 0.15) is 0 Å². The van der Waals surface area contributed by atoms with Crippen molar-refractivity contribution < 1.29 is 4.79 Å². The molecule has 0 aliphatic heterocycles. The summed E-state index contributed by atoms with van der Waals surface area (Å²) in [5.74, 6) is 0.139. The maximum atomic E-state index is 11.3. The molecule has 0 radical (unpaired) electrons. The second-order valence-electron chi connectivity index (χ2n) is 5.23. The van der Waals surface area contributed by atoms with E-state index in [-0.39, 0.29) is 11.3 Å². The van der Waals surface area contributed by atoms with Crippen molar-refractivity contribution in [1.29, 1.82) is 0 Å². The van der Waals surface area contributed by atoms with Gasteiger partial charge in [-0.2, -0.15) is 0 Å². The molecule has 0 bridgehead atoms. The van der Waals surface area contributed by atoms with Crippen LogP contribution in [0.3, 0.4) is 0 Å². The summed E-state index contributed by atoms with van der Waals surface area (Å²) in [4.78, 5) is 15.9. The summed E-state index contributed by atoms with van der Waals surface area (Å²) in [7, 11) is 0. The smallest absolute Gasteiger partial charge is 0.219 e. The maximum Gasteiger partial charge on any atom is 0.219 e. The zero-order valence-corrected chi connectivity index (χ0v) is 12.0. The Hall–Kier alpha value is -0.900. The predicted octanol–water partition coefficient (Wildman–Crippen LogP) is 2.90. The minimum atomic E-state index is 0.111. The number of rotatable bonds is 5. The van der Waals surface area contributed by atoms with Crippen LogP contribution in [0.5, 0.6) is 0 Å². The van der Waals surface area contributed by atoms with Gasteiger partial charge in [0.2, 0.25) is 5.91 Å². The monoisotopic (exact) mass is 254 g/mol. The lowest BCUT2D eigenvalue weighted by molar-refractivity contribution is -0.121. The van der Waals surface area contributed by atoms with Gasteiger partial charge in [-0.15, -0.1) is 11.3 Å². The van der Waals surface area contributed by atoms with Crippen LogP contribution in [0.25, 0.3) is 0 Å². The Morgan fingerprint density at radius 3 is 2.71 bits per heavy atom. The van der Waals surface area contributed by atoms with Crippen LogP contribution in [0, 0.1) is 0 Å². The van der Waals surface area contributed by atoms with Crippen molar-refractivity contribution in [2.24, 2.45) is 0 Å². The molecule has 1 N–H and O–H groups in total. The van der Waals surface area contributed by atoms with Gasteiger partial charge < -0.3 is 5.32 Å². The van der Waals surface area contributed by atoms with Gasteiger partial charge in [0, 0.05) is 30.2 Å². The number of thiazole rings is 1. The van der Waals surface area contributed by atoms with E-state index in [0.717, 1.165) is 23.5 Å². The number of carbonyl (C=O) groups is 1. The van der Waals surface area contributed by atoms with Crippen molar-refractivity contribution in [3.8, 4) is 0 Å². The van der Waals surface area contributed by atoms with Crippen molar-refractivity contribution in [3.05, 3.63) is 16.1 Å². The first-order valence-corrected chi connectivity index (χ1v) is 7.03. The largest absolute Gasteiger partial charge is 0.356 e. The second kappa shape index (κ2) is 6.15. The van der Waals surface area contributed by atoms with E-state index in [4.69, 9.17) is 0 Å². The average molecular weight is 254 g/mol. The number of nitrogens with one attached hydrogen (secondary N) is 1. The minimum absolute atomic E-state index is 0.111. The van der Waals surface area contributed by atoms with Crippen LogP contribution in [-0.2, 0) is 16.6 Å². The fourth-order valence-electron chi connectivity index (χ4n) is 1.39. The molecule has 0 aliphatic carbocycles. The molecule has 0 fully saturated rings. The van der Waals surface area contributed by atoms with E-state index in [9.17, 15) is 4.79 Å². The third-order valence-electron chi connectivity index (χ3n) is 2.46. The zero-order valence-electron chi connectivity index (χ0n) is 11.2. The highest BCUT2D eigenvalue weighted by Crippen LogP contribution is 2.23. The molecule has 96 valence electrons. The number of hydrogen-bond donors (Lipinski definition) is 1. The Morgan fingerprint density at radius 1 is 1.47 bits per heavy atom.